The number of fused-ring (bicyclic) bond motifs is 1. The summed E-state index contributed by atoms with van der Waals surface area (Å²) in [6.07, 6.45) is 4.83. The van der Waals surface area contributed by atoms with E-state index in [1.54, 1.807) is 0 Å². The van der Waals surface area contributed by atoms with Crippen LogP contribution < -0.4 is 4.90 Å². The number of rotatable bonds is 2. The minimum Gasteiger partial charge on any atom is -0.372 e. The van der Waals surface area contributed by atoms with Gasteiger partial charge >= 0.3 is 0 Å². The Bertz CT molecular complexity index is 560. The molecule has 0 aliphatic carbocycles. The molecule has 3 heterocycles. The van der Waals surface area contributed by atoms with Crippen molar-refractivity contribution in [1.82, 2.24) is 9.55 Å². The summed E-state index contributed by atoms with van der Waals surface area (Å²) in [4.78, 5) is 7.17. The molecule has 0 bridgehead atoms. The van der Waals surface area contributed by atoms with E-state index in [9.17, 15) is 0 Å². The number of imidazole rings is 1. The summed E-state index contributed by atoms with van der Waals surface area (Å²) in [5, 5.41) is 1.17. The number of aromatic nitrogens is 2. The van der Waals surface area contributed by atoms with Crippen molar-refractivity contribution >= 4 is 17.4 Å². The first kappa shape index (κ1) is 11.4. The molecule has 0 amide bonds. The Balaban J connectivity index is 1.60. The number of hydrogen-bond acceptors (Lipinski definition) is 3. The molecule has 98 valence electrons. The fraction of sp³-hybridized carbons (Fsp3) is 0.400. The monoisotopic (exact) mass is 271 g/mol. The second kappa shape index (κ2) is 4.60. The first-order valence-electron chi connectivity index (χ1n) is 6.95. The zero-order valence-electron chi connectivity index (χ0n) is 10.9. The number of nitrogens with zero attached hydrogens (tertiary/aromatic N) is 3. The smallest absolute Gasteiger partial charge is 0.168 e. The molecular formula is C15H17N3S. The van der Waals surface area contributed by atoms with Crippen molar-refractivity contribution < 1.29 is 0 Å². The molecule has 4 heteroatoms. The van der Waals surface area contributed by atoms with Gasteiger partial charge in [-0.25, -0.2) is 4.98 Å². The van der Waals surface area contributed by atoms with Crippen LogP contribution in [0.4, 0.5) is 5.69 Å². The SMILES string of the molecule is c1cc(N2CCCC2)ccc1-c1cn2c(n1)SCC2. The first-order valence-corrected chi connectivity index (χ1v) is 7.94. The number of hydrogen-bond donors (Lipinski definition) is 0. The molecule has 1 fully saturated rings. The van der Waals surface area contributed by atoms with Gasteiger partial charge in [-0.15, -0.1) is 0 Å². The Hall–Kier alpha value is -1.42. The Morgan fingerprint density at radius 1 is 1.00 bits per heavy atom. The van der Waals surface area contributed by atoms with Crippen LogP contribution in [0.1, 0.15) is 12.8 Å². The third-order valence-electron chi connectivity index (χ3n) is 3.94. The lowest BCUT2D eigenvalue weighted by Gasteiger charge is -2.17. The number of anilines is 1. The van der Waals surface area contributed by atoms with Crippen LogP contribution in [-0.2, 0) is 6.54 Å². The van der Waals surface area contributed by atoms with Crippen molar-refractivity contribution in [2.75, 3.05) is 23.7 Å². The highest BCUT2D eigenvalue weighted by Gasteiger charge is 2.16. The van der Waals surface area contributed by atoms with Crippen molar-refractivity contribution in [3.63, 3.8) is 0 Å². The Kier molecular flexibility index (Phi) is 2.76. The van der Waals surface area contributed by atoms with E-state index in [0.717, 1.165) is 18.0 Å². The topological polar surface area (TPSA) is 21.1 Å². The van der Waals surface area contributed by atoms with Crippen LogP contribution in [0.25, 0.3) is 11.3 Å². The summed E-state index contributed by atoms with van der Waals surface area (Å²) in [7, 11) is 0. The van der Waals surface area contributed by atoms with Crippen LogP contribution in [-0.4, -0.2) is 28.4 Å². The Morgan fingerprint density at radius 3 is 2.53 bits per heavy atom. The van der Waals surface area contributed by atoms with E-state index in [1.165, 1.54) is 42.3 Å². The third-order valence-corrected chi connectivity index (χ3v) is 4.91. The van der Waals surface area contributed by atoms with Crippen LogP contribution in [0.15, 0.2) is 35.6 Å². The molecule has 0 atom stereocenters. The first-order chi connectivity index (χ1) is 9.40. The van der Waals surface area contributed by atoms with Crippen molar-refractivity contribution in [2.45, 2.75) is 24.5 Å². The normalized spacial score (nSPS) is 18.0. The highest BCUT2D eigenvalue weighted by Crippen LogP contribution is 2.30. The standard InChI is InChI=1S/C15H17N3S/c1-2-8-17(7-1)13-5-3-12(4-6-13)14-11-18-9-10-19-15(18)16-14/h3-6,11H,1-2,7-10H2. The van der Waals surface area contributed by atoms with E-state index >= 15 is 0 Å². The molecule has 3 nitrogen and oxygen atoms in total. The molecule has 1 aromatic carbocycles. The lowest BCUT2D eigenvalue weighted by molar-refractivity contribution is 0.719. The maximum Gasteiger partial charge on any atom is 0.168 e. The average Bonchev–Trinajstić information content (AvgIpc) is 3.15. The quantitative estimate of drug-likeness (QED) is 0.836. The van der Waals surface area contributed by atoms with Gasteiger partial charge in [0, 0.05) is 42.8 Å². The molecule has 4 rings (SSSR count). The van der Waals surface area contributed by atoms with Gasteiger partial charge < -0.3 is 9.47 Å². The third kappa shape index (κ3) is 2.04. The molecule has 2 aliphatic rings. The molecule has 2 aromatic rings. The summed E-state index contributed by atoms with van der Waals surface area (Å²) in [5.41, 5.74) is 3.68. The van der Waals surface area contributed by atoms with Gasteiger partial charge in [0.2, 0.25) is 0 Å². The van der Waals surface area contributed by atoms with Gasteiger partial charge in [-0.2, -0.15) is 0 Å². The van der Waals surface area contributed by atoms with E-state index in [2.05, 4.69) is 39.9 Å². The van der Waals surface area contributed by atoms with E-state index in [4.69, 9.17) is 4.98 Å². The molecule has 0 saturated carbocycles. The molecule has 0 N–H and O–H groups in total. The molecule has 1 aromatic heterocycles. The molecule has 0 radical (unpaired) electrons. The summed E-state index contributed by atoms with van der Waals surface area (Å²) in [6.45, 7) is 3.50. The lowest BCUT2D eigenvalue weighted by Crippen LogP contribution is -2.17. The lowest BCUT2D eigenvalue weighted by atomic mass is 10.1. The van der Waals surface area contributed by atoms with Crippen molar-refractivity contribution in [3.8, 4) is 11.3 Å². The zero-order valence-corrected chi connectivity index (χ0v) is 11.7. The van der Waals surface area contributed by atoms with E-state index < -0.39 is 0 Å². The maximum absolute atomic E-state index is 4.70. The largest absolute Gasteiger partial charge is 0.372 e. The Morgan fingerprint density at radius 2 is 1.79 bits per heavy atom. The predicted molar refractivity (Wildman–Crippen MR) is 79.8 cm³/mol. The van der Waals surface area contributed by atoms with Crippen molar-refractivity contribution in [2.24, 2.45) is 0 Å². The van der Waals surface area contributed by atoms with Crippen LogP contribution in [0.3, 0.4) is 0 Å². The number of aryl methyl sites for hydroxylation is 1. The van der Waals surface area contributed by atoms with Crippen molar-refractivity contribution in [1.29, 1.82) is 0 Å². The number of benzene rings is 1. The second-order valence-corrected chi connectivity index (χ2v) is 6.25. The fourth-order valence-corrected chi connectivity index (χ4v) is 3.81. The minimum absolute atomic E-state index is 1.10. The van der Waals surface area contributed by atoms with Gasteiger partial charge in [-0.05, 0) is 25.0 Å². The zero-order chi connectivity index (χ0) is 12.7. The molecule has 0 spiro atoms. The van der Waals surface area contributed by atoms with Crippen LogP contribution in [0.2, 0.25) is 0 Å². The van der Waals surface area contributed by atoms with E-state index in [1.807, 2.05) is 11.8 Å². The van der Waals surface area contributed by atoms with E-state index in [-0.39, 0.29) is 0 Å². The van der Waals surface area contributed by atoms with Crippen LogP contribution in [0, 0.1) is 0 Å². The van der Waals surface area contributed by atoms with E-state index in [0.29, 0.717) is 0 Å². The van der Waals surface area contributed by atoms with Gasteiger partial charge in [-0.3, -0.25) is 0 Å². The van der Waals surface area contributed by atoms with Gasteiger partial charge in [0.15, 0.2) is 5.16 Å². The molecule has 19 heavy (non-hydrogen) atoms. The van der Waals surface area contributed by atoms with Crippen LogP contribution in [0.5, 0.6) is 0 Å². The molecular weight excluding hydrogens is 254 g/mol. The van der Waals surface area contributed by atoms with Gasteiger partial charge in [0.1, 0.15) is 0 Å². The second-order valence-electron chi connectivity index (χ2n) is 5.19. The molecule has 0 unspecified atom stereocenters. The highest BCUT2D eigenvalue weighted by molar-refractivity contribution is 7.99. The van der Waals surface area contributed by atoms with Gasteiger partial charge in [-0.1, -0.05) is 23.9 Å². The van der Waals surface area contributed by atoms with Crippen LogP contribution >= 0.6 is 11.8 Å². The Labute approximate surface area is 117 Å². The van der Waals surface area contributed by atoms with Crippen molar-refractivity contribution in [3.05, 3.63) is 30.5 Å². The average molecular weight is 271 g/mol. The molecule has 2 aliphatic heterocycles. The van der Waals surface area contributed by atoms with Gasteiger partial charge in [0.05, 0.1) is 5.69 Å². The minimum atomic E-state index is 1.10. The summed E-state index contributed by atoms with van der Waals surface area (Å²) >= 11 is 1.85. The maximum atomic E-state index is 4.70. The summed E-state index contributed by atoms with van der Waals surface area (Å²) in [6, 6.07) is 8.88. The van der Waals surface area contributed by atoms with Gasteiger partial charge in [0.25, 0.3) is 0 Å². The summed E-state index contributed by atoms with van der Waals surface area (Å²) in [5.74, 6) is 1.16. The summed E-state index contributed by atoms with van der Waals surface area (Å²) < 4.78 is 2.26. The predicted octanol–water partition coefficient (Wildman–Crippen LogP) is 3.26. The fourth-order valence-electron chi connectivity index (χ4n) is 2.87. The molecule has 1 saturated heterocycles. The number of thioether (sulfide) groups is 1. The highest BCUT2D eigenvalue weighted by atomic mass is 32.2.